The molecule has 4 heteroatoms. The quantitative estimate of drug-likeness (QED) is 0.871. The molecule has 2 unspecified atom stereocenters. The summed E-state index contributed by atoms with van der Waals surface area (Å²) in [4.78, 5) is 14.2. The number of piperidine rings is 1. The van der Waals surface area contributed by atoms with Gasteiger partial charge in [0.2, 0.25) is 5.95 Å². The monoisotopic (exact) mass is 294 g/mol. The van der Waals surface area contributed by atoms with Crippen LogP contribution >= 0.6 is 0 Å². The maximum atomic E-state index is 4.62. The molecule has 22 heavy (non-hydrogen) atoms. The van der Waals surface area contributed by atoms with Gasteiger partial charge in [-0.1, -0.05) is 30.3 Å². The molecule has 2 aromatic rings. The molecule has 2 atom stereocenters. The largest absolute Gasteiger partial charge is 0.338 e. The van der Waals surface area contributed by atoms with Crippen molar-refractivity contribution in [2.75, 3.05) is 18.0 Å². The van der Waals surface area contributed by atoms with Crippen molar-refractivity contribution in [1.29, 1.82) is 0 Å². The van der Waals surface area contributed by atoms with Crippen molar-refractivity contribution in [3.63, 3.8) is 0 Å². The molecule has 114 valence electrons. The average Bonchev–Trinajstić information content (AvgIpc) is 2.53. The third-order valence-corrected chi connectivity index (χ3v) is 4.81. The van der Waals surface area contributed by atoms with Crippen LogP contribution in [0.2, 0.25) is 0 Å². The minimum absolute atomic E-state index is 0.642. The van der Waals surface area contributed by atoms with E-state index in [4.69, 9.17) is 0 Å². The first-order chi connectivity index (χ1) is 10.7. The van der Waals surface area contributed by atoms with Gasteiger partial charge in [0.05, 0.1) is 0 Å². The van der Waals surface area contributed by atoms with Crippen LogP contribution in [0.3, 0.4) is 0 Å². The molecule has 3 aliphatic rings. The van der Waals surface area contributed by atoms with E-state index in [1.807, 2.05) is 19.9 Å². The van der Waals surface area contributed by atoms with Gasteiger partial charge in [0.15, 0.2) is 0 Å². The maximum Gasteiger partial charge on any atom is 0.225 e. The van der Waals surface area contributed by atoms with Gasteiger partial charge in [-0.25, -0.2) is 9.97 Å². The van der Waals surface area contributed by atoms with Crippen LogP contribution in [0.5, 0.6) is 0 Å². The maximum absolute atomic E-state index is 4.62. The molecule has 0 radical (unpaired) electrons. The highest BCUT2D eigenvalue weighted by Crippen LogP contribution is 2.34. The Bertz CT molecular complexity index is 638. The lowest BCUT2D eigenvalue weighted by Gasteiger charge is -2.56. The summed E-state index contributed by atoms with van der Waals surface area (Å²) in [6.07, 6.45) is 1.31. The Morgan fingerprint density at radius 2 is 1.64 bits per heavy atom. The molecule has 2 bridgehead atoms. The fraction of sp³-hybridized carbons (Fsp3) is 0.444. The van der Waals surface area contributed by atoms with Crippen LogP contribution in [-0.4, -0.2) is 40.0 Å². The van der Waals surface area contributed by atoms with Crippen molar-refractivity contribution in [3.05, 3.63) is 53.3 Å². The first-order valence-electron chi connectivity index (χ1n) is 8.06. The molecule has 1 aromatic carbocycles. The summed E-state index contributed by atoms with van der Waals surface area (Å²) in [5.41, 5.74) is 3.53. The molecular weight excluding hydrogens is 272 g/mol. The van der Waals surface area contributed by atoms with Gasteiger partial charge in [-0.15, -0.1) is 0 Å². The standard InChI is InChI=1S/C18H22N4/c1-13-8-14(2)20-18(19-13)21-11-16-9-17(12-21)22(16)10-15-6-4-3-5-7-15/h3-8,16-17H,9-12H2,1-2H3. The van der Waals surface area contributed by atoms with Crippen molar-refractivity contribution in [2.24, 2.45) is 0 Å². The van der Waals surface area contributed by atoms with Crippen molar-refractivity contribution in [3.8, 4) is 0 Å². The van der Waals surface area contributed by atoms with E-state index in [0.29, 0.717) is 12.1 Å². The number of piperazine rings is 1. The van der Waals surface area contributed by atoms with Gasteiger partial charge in [-0.3, -0.25) is 4.90 Å². The number of aromatic nitrogens is 2. The van der Waals surface area contributed by atoms with E-state index < -0.39 is 0 Å². The molecule has 4 nitrogen and oxygen atoms in total. The fourth-order valence-electron chi connectivity index (χ4n) is 3.75. The molecule has 0 amide bonds. The molecular formula is C18H22N4. The third kappa shape index (κ3) is 2.48. The molecule has 0 spiro atoms. The number of aryl methyl sites for hydroxylation is 2. The predicted molar refractivity (Wildman–Crippen MR) is 87.9 cm³/mol. The lowest BCUT2D eigenvalue weighted by atomic mass is 9.87. The molecule has 0 aliphatic carbocycles. The van der Waals surface area contributed by atoms with Crippen LogP contribution in [0.1, 0.15) is 23.4 Å². The lowest BCUT2D eigenvalue weighted by Crippen LogP contribution is -2.68. The summed E-state index contributed by atoms with van der Waals surface area (Å²) in [5.74, 6) is 0.909. The van der Waals surface area contributed by atoms with Gasteiger partial charge in [0, 0.05) is 43.1 Å². The first kappa shape index (κ1) is 13.7. The summed E-state index contributed by atoms with van der Waals surface area (Å²) in [5, 5.41) is 0. The van der Waals surface area contributed by atoms with Crippen LogP contribution in [0.15, 0.2) is 36.4 Å². The summed E-state index contributed by atoms with van der Waals surface area (Å²) in [6, 6.07) is 14.1. The number of benzene rings is 1. The number of rotatable bonds is 3. The van der Waals surface area contributed by atoms with Crippen LogP contribution in [-0.2, 0) is 6.54 Å². The highest BCUT2D eigenvalue weighted by Gasteiger charge is 2.44. The molecule has 4 heterocycles. The number of nitrogens with zero attached hydrogens (tertiary/aromatic N) is 4. The number of anilines is 1. The normalized spacial score (nSPS) is 24.2. The minimum Gasteiger partial charge on any atom is -0.338 e. The molecule has 3 aliphatic heterocycles. The zero-order chi connectivity index (χ0) is 15.1. The second kappa shape index (κ2) is 5.36. The smallest absolute Gasteiger partial charge is 0.225 e. The van der Waals surface area contributed by atoms with Crippen molar-refractivity contribution in [1.82, 2.24) is 14.9 Å². The molecule has 3 fully saturated rings. The molecule has 0 saturated carbocycles. The molecule has 5 rings (SSSR count). The van der Waals surface area contributed by atoms with E-state index in [1.54, 1.807) is 0 Å². The summed E-state index contributed by atoms with van der Waals surface area (Å²) >= 11 is 0. The predicted octanol–water partition coefficient (Wildman–Crippen LogP) is 2.56. The van der Waals surface area contributed by atoms with Gasteiger partial charge in [0.25, 0.3) is 0 Å². The molecule has 3 saturated heterocycles. The Balaban J connectivity index is 1.46. The SMILES string of the molecule is Cc1cc(C)nc(N2CC3CC(C2)N3Cc2ccccc2)n1. The Kier molecular flexibility index (Phi) is 3.34. The van der Waals surface area contributed by atoms with E-state index in [-0.39, 0.29) is 0 Å². The highest BCUT2D eigenvalue weighted by atomic mass is 15.4. The first-order valence-corrected chi connectivity index (χ1v) is 8.06. The lowest BCUT2D eigenvalue weighted by molar-refractivity contribution is -0.00897. The van der Waals surface area contributed by atoms with E-state index in [9.17, 15) is 0 Å². The van der Waals surface area contributed by atoms with E-state index >= 15 is 0 Å². The Morgan fingerprint density at radius 1 is 1.00 bits per heavy atom. The van der Waals surface area contributed by atoms with Gasteiger partial charge in [-0.2, -0.15) is 0 Å². The van der Waals surface area contributed by atoms with Crippen molar-refractivity contribution in [2.45, 2.75) is 38.9 Å². The number of hydrogen-bond donors (Lipinski definition) is 0. The number of fused-ring (bicyclic) bond motifs is 2. The van der Waals surface area contributed by atoms with Gasteiger partial charge in [-0.05, 0) is 31.9 Å². The summed E-state index contributed by atoms with van der Waals surface area (Å²) in [7, 11) is 0. The summed E-state index contributed by atoms with van der Waals surface area (Å²) in [6.45, 7) is 7.26. The van der Waals surface area contributed by atoms with Crippen molar-refractivity contribution < 1.29 is 0 Å². The Morgan fingerprint density at radius 3 is 2.27 bits per heavy atom. The minimum atomic E-state index is 0.642. The Labute approximate surface area is 131 Å². The molecule has 0 N–H and O–H groups in total. The fourth-order valence-corrected chi connectivity index (χ4v) is 3.75. The highest BCUT2D eigenvalue weighted by molar-refractivity contribution is 5.36. The summed E-state index contributed by atoms with van der Waals surface area (Å²) < 4.78 is 0. The van der Waals surface area contributed by atoms with E-state index in [0.717, 1.165) is 37.0 Å². The van der Waals surface area contributed by atoms with Gasteiger partial charge < -0.3 is 4.90 Å². The second-order valence-corrected chi connectivity index (χ2v) is 6.56. The van der Waals surface area contributed by atoms with Crippen molar-refractivity contribution >= 4 is 5.95 Å². The topological polar surface area (TPSA) is 32.3 Å². The van der Waals surface area contributed by atoms with Gasteiger partial charge in [0.1, 0.15) is 0 Å². The Hall–Kier alpha value is -1.94. The third-order valence-electron chi connectivity index (χ3n) is 4.81. The van der Waals surface area contributed by atoms with Crippen LogP contribution in [0, 0.1) is 13.8 Å². The van der Waals surface area contributed by atoms with Crippen LogP contribution < -0.4 is 4.90 Å². The second-order valence-electron chi connectivity index (χ2n) is 6.56. The van der Waals surface area contributed by atoms with Crippen LogP contribution in [0.4, 0.5) is 5.95 Å². The van der Waals surface area contributed by atoms with E-state index in [1.165, 1.54) is 12.0 Å². The average molecular weight is 294 g/mol. The zero-order valence-corrected chi connectivity index (χ0v) is 13.2. The zero-order valence-electron chi connectivity index (χ0n) is 13.2. The van der Waals surface area contributed by atoms with Gasteiger partial charge >= 0.3 is 0 Å². The number of hydrogen-bond acceptors (Lipinski definition) is 4. The van der Waals surface area contributed by atoms with E-state index in [2.05, 4.69) is 50.1 Å². The van der Waals surface area contributed by atoms with Crippen LogP contribution in [0.25, 0.3) is 0 Å². The molecule has 1 aromatic heterocycles.